The highest BCUT2D eigenvalue weighted by Crippen LogP contribution is 2.10. The summed E-state index contributed by atoms with van der Waals surface area (Å²) in [5.74, 6) is 0.412. The van der Waals surface area contributed by atoms with Crippen molar-refractivity contribution in [2.75, 3.05) is 18.9 Å². The van der Waals surface area contributed by atoms with Gasteiger partial charge in [0.05, 0.1) is 6.54 Å². The second kappa shape index (κ2) is 10.9. The summed E-state index contributed by atoms with van der Waals surface area (Å²) in [6.07, 6.45) is 0. The van der Waals surface area contributed by atoms with E-state index in [0.717, 1.165) is 11.3 Å². The predicted molar refractivity (Wildman–Crippen MR) is 110 cm³/mol. The fourth-order valence-corrected chi connectivity index (χ4v) is 2.16. The highest BCUT2D eigenvalue weighted by molar-refractivity contribution is 14.0. The first kappa shape index (κ1) is 20.2. The van der Waals surface area contributed by atoms with Gasteiger partial charge in [0, 0.05) is 24.3 Å². The highest BCUT2D eigenvalue weighted by Gasteiger charge is 2.04. The van der Waals surface area contributed by atoms with Gasteiger partial charge >= 0.3 is 0 Å². The standard InChI is InChI=1S/C17H19ClN4O.HI/c1-19-17(20-11-13-6-5-7-14(18)10-13)21-12-16(23)22-15-8-3-2-4-9-15;/h2-10H,11-12H2,1H3,(H,22,23)(H2,19,20,21);1H. The fraction of sp³-hybridized carbons (Fsp3) is 0.176. The highest BCUT2D eigenvalue weighted by atomic mass is 127. The summed E-state index contributed by atoms with van der Waals surface area (Å²) in [7, 11) is 1.66. The summed E-state index contributed by atoms with van der Waals surface area (Å²) in [4.78, 5) is 16.0. The lowest BCUT2D eigenvalue weighted by atomic mass is 10.2. The molecular weight excluding hydrogens is 439 g/mol. The van der Waals surface area contributed by atoms with Crippen molar-refractivity contribution >= 4 is 53.1 Å². The fourth-order valence-electron chi connectivity index (χ4n) is 1.94. The van der Waals surface area contributed by atoms with Gasteiger partial charge in [-0.05, 0) is 29.8 Å². The quantitative estimate of drug-likeness (QED) is 0.366. The van der Waals surface area contributed by atoms with E-state index < -0.39 is 0 Å². The minimum atomic E-state index is -0.137. The predicted octanol–water partition coefficient (Wildman–Crippen LogP) is 3.26. The maximum absolute atomic E-state index is 11.9. The minimum Gasteiger partial charge on any atom is -0.352 e. The monoisotopic (exact) mass is 458 g/mol. The molecule has 2 aromatic rings. The Morgan fingerprint density at radius 3 is 2.50 bits per heavy atom. The molecule has 2 rings (SSSR count). The van der Waals surface area contributed by atoms with Crippen LogP contribution in [0.4, 0.5) is 5.69 Å². The number of para-hydroxylation sites is 1. The van der Waals surface area contributed by atoms with Crippen LogP contribution in [0.1, 0.15) is 5.56 Å². The number of anilines is 1. The van der Waals surface area contributed by atoms with Crippen LogP contribution in [-0.4, -0.2) is 25.5 Å². The maximum atomic E-state index is 11.9. The molecule has 128 valence electrons. The number of carbonyl (C=O) groups is 1. The van der Waals surface area contributed by atoms with Crippen LogP contribution in [0.5, 0.6) is 0 Å². The normalized spacial score (nSPS) is 10.5. The van der Waals surface area contributed by atoms with Gasteiger partial charge < -0.3 is 16.0 Å². The van der Waals surface area contributed by atoms with Gasteiger partial charge in [-0.1, -0.05) is 41.9 Å². The molecule has 2 aromatic carbocycles. The van der Waals surface area contributed by atoms with Crippen LogP contribution in [0.3, 0.4) is 0 Å². The van der Waals surface area contributed by atoms with Gasteiger partial charge in [-0.3, -0.25) is 9.79 Å². The van der Waals surface area contributed by atoms with E-state index >= 15 is 0 Å². The molecule has 1 amide bonds. The van der Waals surface area contributed by atoms with E-state index in [1.807, 2.05) is 54.6 Å². The molecule has 0 heterocycles. The molecule has 0 saturated heterocycles. The molecule has 0 aromatic heterocycles. The summed E-state index contributed by atoms with van der Waals surface area (Å²) in [5.41, 5.74) is 1.80. The zero-order chi connectivity index (χ0) is 16.5. The number of nitrogens with one attached hydrogen (secondary N) is 3. The van der Waals surface area contributed by atoms with Crippen LogP contribution < -0.4 is 16.0 Å². The van der Waals surface area contributed by atoms with Crippen LogP contribution in [0, 0.1) is 0 Å². The van der Waals surface area contributed by atoms with E-state index in [4.69, 9.17) is 11.6 Å². The number of hydrogen-bond acceptors (Lipinski definition) is 2. The minimum absolute atomic E-state index is 0. The number of amides is 1. The van der Waals surface area contributed by atoms with Crippen molar-refractivity contribution < 1.29 is 4.79 Å². The van der Waals surface area contributed by atoms with Gasteiger partial charge in [-0.15, -0.1) is 24.0 Å². The number of carbonyl (C=O) groups excluding carboxylic acids is 1. The first-order valence-electron chi connectivity index (χ1n) is 7.21. The molecule has 0 saturated carbocycles. The van der Waals surface area contributed by atoms with Crippen LogP contribution in [0.25, 0.3) is 0 Å². The van der Waals surface area contributed by atoms with Crippen molar-refractivity contribution in [2.45, 2.75) is 6.54 Å². The van der Waals surface area contributed by atoms with Crippen molar-refractivity contribution in [2.24, 2.45) is 4.99 Å². The van der Waals surface area contributed by atoms with E-state index in [9.17, 15) is 4.79 Å². The number of aliphatic imine (C=N–C) groups is 1. The molecule has 0 spiro atoms. The number of hydrogen-bond donors (Lipinski definition) is 3. The van der Waals surface area contributed by atoms with Gasteiger partial charge in [0.2, 0.25) is 5.91 Å². The smallest absolute Gasteiger partial charge is 0.243 e. The lowest BCUT2D eigenvalue weighted by Crippen LogP contribution is -2.41. The third-order valence-corrected chi connectivity index (χ3v) is 3.28. The number of rotatable bonds is 5. The largest absolute Gasteiger partial charge is 0.352 e. The Morgan fingerprint density at radius 1 is 1.08 bits per heavy atom. The van der Waals surface area contributed by atoms with E-state index in [0.29, 0.717) is 17.5 Å². The van der Waals surface area contributed by atoms with Crippen molar-refractivity contribution in [1.29, 1.82) is 0 Å². The molecule has 0 aliphatic carbocycles. The maximum Gasteiger partial charge on any atom is 0.243 e. The van der Waals surface area contributed by atoms with Gasteiger partial charge in [-0.2, -0.15) is 0 Å². The van der Waals surface area contributed by atoms with Crippen molar-refractivity contribution in [3.8, 4) is 0 Å². The Labute approximate surface area is 163 Å². The molecule has 0 fully saturated rings. The van der Waals surface area contributed by atoms with E-state index in [1.54, 1.807) is 7.05 Å². The number of nitrogens with zero attached hydrogens (tertiary/aromatic N) is 1. The average Bonchev–Trinajstić information content (AvgIpc) is 2.56. The molecule has 0 bridgehead atoms. The zero-order valence-electron chi connectivity index (χ0n) is 13.3. The summed E-state index contributed by atoms with van der Waals surface area (Å²) < 4.78 is 0. The first-order chi connectivity index (χ1) is 11.2. The summed E-state index contributed by atoms with van der Waals surface area (Å²) in [6.45, 7) is 0.699. The van der Waals surface area contributed by atoms with Gasteiger partial charge in [0.1, 0.15) is 0 Å². The van der Waals surface area contributed by atoms with Crippen LogP contribution in [0.2, 0.25) is 5.02 Å². The molecule has 0 aliphatic heterocycles. The van der Waals surface area contributed by atoms with E-state index in [1.165, 1.54) is 0 Å². The zero-order valence-corrected chi connectivity index (χ0v) is 16.3. The molecule has 7 heteroatoms. The summed E-state index contributed by atoms with van der Waals surface area (Å²) in [6, 6.07) is 16.9. The molecule has 5 nitrogen and oxygen atoms in total. The number of guanidine groups is 1. The number of halogens is 2. The Kier molecular flexibility index (Phi) is 9.18. The molecule has 0 aliphatic rings. The van der Waals surface area contributed by atoms with Crippen molar-refractivity contribution in [3.05, 3.63) is 65.2 Å². The molecule has 0 unspecified atom stereocenters. The Balaban J connectivity index is 0.00000288. The van der Waals surface area contributed by atoms with Gasteiger partial charge in [-0.25, -0.2) is 0 Å². The first-order valence-corrected chi connectivity index (χ1v) is 7.59. The third kappa shape index (κ3) is 7.18. The molecule has 0 radical (unpaired) electrons. The molecule has 3 N–H and O–H groups in total. The van der Waals surface area contributed by atoms with Crippen LogP contribution >= 0.6 is 35.6 Å². The number of benzene rings is 2. The van der Waals surface area contributed by atoms with Crippen LogP contribution in [-0.2, 0) is 11.3 Å². The SMILES string of the molecule is CN=C(NCC(=O)Nc1ccccc1)NCc1cccc(Cl)c1.I. The van der Waals surface area contributed by atoms with Gasteiger partial charge in [0.15, 0.2) is 5.96 Å². The second-order valence-electron chi connectivity index (χ2n) is 4.82. The summed E-state index contributed by atoms with van der Waals surface area (Å²) >= 11 is 5.95. The lowest BCUT2D eigenvalue weighted by Gasteiger charge is -2.12. The third-order valence-electron chi connectivity index (χ3n) is 3.05. The van der Waals surface area contributed by atoms with E-state index in [2.05, 4.69) is 20.9 Å². The van der Waals surface area contributed by atoms with Crippen LogP contribution in [0.15, 0.2) is 59.6 Å². The Hall–Kier alpha value is -1.80. The van der Waals surface area contributed by atoms with Crippen molar-refractivity contribution in [3.63, 3.8) is 0 Å². The van der Waals surface area contributed by atoms with Gasteiger partial charge in [0.25, 0.3) is 0 Å². The topological polar surface area (TPSA) is 65.5 Å². The average molecular weight is 459 g/mol. The Morgan fingerprint density at radius 2 is 1.83 bits per heavy atom. The molecular formula is C17H20ClIN4O. The molecule has 0 atom stereocenters. The molecule has 24 heavy (non-hydrogen) atoms. The second-order valence-corrected chi connectivity index (χ2v) is 5.26. The Bertz CT molecular complexity index is 679. The summed E-state index contributed by atoms with van der Waals surface area (Å²) in [5, 5.41) is 9.59. The van der Waals surface area contributed by atoms with E-state index in [-0.39, 0.29) is 36.4 Å². The lowest BCUT2D eigenvalue weighted by molar-refractivity contribution is -0.115. The van der Waals surface area contributed by atoms with Crippen molar-refractivity contribution in [1.82, 2.24) is 10.6 Å².